The van der Waals surface area contributed by atoms with Crippen molar-refractivity contribution in [2.45, 2.75) is 40.7 Å². The predicted octanol–water partition coefficient (Wildman–Crippen LogP) is -1.68. The SMILES string of the molecule is C=C(C)C(=O)[O-].C=C(C)C(=O)[O-].C=C(C)C(=O)[O-].CC(C)O.[Zr+3]. The van der Waals surface area contributed by atoms with Crippen molar-refractivity contribution >= 4 is 17.9 Å². The summed E-state index contributed by atoms with van der Waals surface area (Å²) < 4.78 is 0. The molecule has 0 saturated heterocycles. The molecule has 0 spiro atoms. The Kier molecular flexibility index (Phi) is 29.5. The molecule has 0 unspecified atom stereocenters. The minimum Gasteiger partial charge on any atom is -0.545 e. The van der Waals surface area contributed by atoms with Crippen LogP contribution in [-0.2, 0) is 40.6 Å². The number of hydrogen-bond donors (Lipinski definition) is 1. The van der Waals surface area contributed by atoms with Crippen LogP contribution in [0.4, 0.5) is 0 Å². The van der Waals surface area contributed by atoms with Gasteiger partial charge in [0.05, 0.1) is 17.9 Å². The van der Waals surface area contributed by atoms with Crippen molar-refractivity contribution in [1.29, 1.82) is 0 Å². The van der Waals surface area contributed by atoms with Crippen molar-refractivity contribution in [3.8, 4) is 0 Å². The first-order chi connectivity index (χ1) is 9.66. The van der Waals surface area contributed by atoms with Crippen LogP contribution in [0.2, 0.25) is 0 Å². The van der Waals surface area contributed by atoms with Crippen molar-refractivity contribution in [3.05, 3.63) is 36.5 Å². The maximum atomic E-state index is 9.49. The summed E-state index contributed by atoms with van der Waals surface area (Å²) >= 11 is 0. The van der Waals surface area contributed by atoms with Crippen LogP contribution in [0.3, 0.4) is 0 Å². The molecule has 23 heavy (non-hydrogen) atoms. The van der Waals surface area contributed by atoms with Crippen molar-refractivity contribution in [2.75, 3.05) is 0 Å². The molecule has 0 aromatic heterocycles. The number of hydrogen-bond acceptors (Lipinski definition) is 7. The van der Waals surface area contributed by atoms with Gasteiger partial charge in [0, 0.05) is 6.10 Å². The van der Waals surface area contributed by atoms with Crippen molar-refractivity contribution in [3.63, 3.8) is 0 Å². The van der Waals surface area contributed by atoms with E-state index in [1.807, 2.05) is 0 Å². The maximum Gasteiger partial charge on any atom is 3.00 e. The van der Waals surface area contributed by atoms with E-state index in [-0.39, 0.29) is 49.0 Å². The normalized spacial score (nSPS) is 7.43. The van der Waals surface area contributed by atoms with Gasteiger partial charge < -0.3 is 34.8 Å². The van der Waals surface area contributed by atoms with Gasteiger partial charge in [-0.3, -0.25) is 0 Å². The van der Waals surface area contributed by atoms with Gasteiger partial charge in [-0.25, -0.2) is 0 Å². The third-order valence-corrected chi connectivity index (χ3v) is 1.05. The van der Waals surface area contributed by atoms with E-state index < -0.39 is 17.9 Å². The van der Waals surface area contributed by atoms with Crippen molar-refractivity contribution in [2.24, 2.45) is 0 Å². The Morgan fingerprint density at radius 1 is 0.739 bits per heavy atom. The first kappa shape index (κ1) is 33.2. The summed E-state index contributed by atoms with van der Waals surface area (Å²) in [6, 6.07) is 0. The molecule has 0 amide bonds. The molecule has 0 rings (SSSR count). The van der Waals surface area contributed by atoms with E-state index in [1.54, 1.807) is 13.8 Å². The first-order valence-electron chi connectivity index (χ1n) is 5.95. The second-order valence-electron chi connectivity index (χ2n) is 4.30. The van der Waals surface area contributed by atoms with Gasteiger partial charge in [0.1, 0.15) is 0 Å². The second-order valence-corrected chi connectivity index (χ2v) is 4.30. The summed E-state index contributed by atoms with van der Waals surface area (Å²) in [7, 11) is 0. The molecule has 0 saturated carbocycles. The Bertz CT molecular complexity index is 316. The van der Waals surface area contributed by atoms with E-state index in [0.717, 1.165) is 0 Å². The van der Waals surface area contributed by atoms with Crippen LogP contribution >= 0.6 is 0 Å². The van der Waals surface area contributed by atoms with Gasteiger partial charge >= 0.3 is 26.2 Å². The molecule has 8 heteroatoms. The van der Waals surface area contributed by atoms with Gasteiger partial charge in [-0.2, -0.15) is 0 Å². The van der Waals surface area contributed by atoms with Crippen molar-refractivity contribution < 1.29 is 61.0 Å². The van der Waals surface area contributed by atoms with Gasteiger partial charge in [-0.05, 0) is 51.3 Å². The number of carbonyl (C=O) groups is 3. The van der Waals surface area contributed by atoms with Crippen LogP contribution in [0.5, 0.6) is 0 Å². The Morgan fingerprint density at radius 2 is 0.783 bits per heavy atom. The monoisotopic (exact) mass is 405 g/mol. The number of aliphatic hydroxyl groups excluding tert-OH is 1. The van der Waals surface area contributed by atoms with Crippen LogP contribution < -0.4 is 15.3 Å². The molecular weight excluding hydrogens is 383 g/mol. The number of rotatable bonds is 3. The topological polar surface area (TPSA) is 141 Å². The van der Waals surface area contributed by atoms with Gasteiger partial charge in [-0.1, -0.05) is 19.7 Å². The molecule has 0 atom stereocenters. The molecule has 0 heterocycles. The Balaban J connectivity index is -0.0000000624. The average Bonchev–Trinajstić information content (AvgIpc) is 2.29. The molecule has 0 aliphatic carbocycles. The minimum atomic E-state index is -1.19. The standard InChI is InChI=1S/3C4H6O2.C3H8O.Zr/c3*1-3(2)4(5)6;1-3(2)4;/h3*1H2,2H3,(H,5,6);3-4H,1-2H3;/q;;;;+3/p-3. The summed E-state index contributed by atoms with van der Waals surface area (Å²) in [6.45, 7) is 16.9. The zero-order chi connectivity index (χ0) is 19.0. The molecule has 0 fully saturated rings. The van der Waals surface area contributed by atoms with E-state index in [2.05, 4.69) is 19.7 Å². The molecule has 0 aromatic rings. The third kappa shape index (κ3) is 63.7. The van der Waals surface area contributed by atoms with Gasteiger partial charge in [0.2, 0.25) is 0 Å². The average molecular weight is 407 g/mol. The van der Waals surface area contributed by atoms with Crippen molar-refractivity contribution in [1.82, 2.24) is 0 Å². The Hall–Kier alpha value is -1.53. The molecule has 0 aromatic carbocycles. The van der Waals surface area contributed by atoms with Crippen LogP contribution in [0.15, 0.2) is 36.5 Å². The summed E-state index contributed by atoms with van der Waals surface area (Å²) in [5.74, 6) is -3.56. The first-order valence-corrected chi connectivity index (χ1v) is 5.95. The largest absolute Gasteiger partial charge is 3.00 e. The fourth-order valence-corrected chi connectivity index (χ4v) is 0. The molecular formula is C15H23O7Zr. The van der Waals surface area contributed by atoms with E-state index in [4.69, 9.17) is 5.11 Å². The minimum absolute atomic E-state index is 0. The zero-order valence-corrected chi connectivity index (χ0v) is 16.6. The molecule has 7 nitrogen and oxygen atoms in total. The van der Waals surface area contributed by atoms with E-state index in [1.165, 1.54) is 20.8 Å². The molecule has 1 radical (unpaired) electrons. The van der Waals surface area contributed by atoms with Crippen LogP contribution in [-0.4, -0.2) is 29.1 Å². The fraction of sp³-hybridized carbons (Fsp3) is 0.400. The van der Waals surface area contributed by atoms with Gasteiger partial charge in [0.15, 0.2) is 0 Å². The Morgan fingerprint density at radius 3 is 0.783 bits per heavy atom. The third-order valence-electron chi connectivity index (χ3n) is 1.05. The molecule has 1 N–H and O–H groups in total. The fourth-order valence-electron chi connectivity index (χ4n) is 0. The Labute approximate surface area is 156 Å². The molecule has 0 bridgehead atoms. The van der Waals surface area contributed by atoms with Gasteiger partial charge in [0.25, 0.3) is 0 Å². The number of carboxylic acid groups (broad SMARTS) is 3. The summed E-state index contributed by atoms with van der Waals surface area (Å²) in [4.78, 5) is 28.5. The summed E-state index contributed by atoms with van der Waals surface area (Å²) in [5, 5.41) is 36.5. The number of carboxylic acids is 3. The van der Waals surface area contributed by atoms with Crippen LogP contribution in [0, 0.1) is 0 Å². The number of aliphatic hydroxyl groups is 1. The molecule has 129 valence electrons. The van der Waals surface area contributed by atoms with E-state index in [9.17, 15) is 29.7 Å². The maximum absolute atomic E-state index is 9.49. The smallest absolute Gasteiger partial charge is 0.545 e. The van der Waals surface area contributed by atoms with E-state index in [0.29, 0.717) is 0 Å². The zero-order valence-electron chi connectivity index (χ0n) is 14.1. The molecule has 0 aliphatic heterocycles. The second kappa shape index (κ2) is 20.5. The quantitative estimate of drug-likeness (QED) is 0.552. The van der Waals surface area contributed by atoms with E-state index >= 15 is 0 Å². The van der Waals surface area contributed by atoms with Crippen LogP contribution in [0.25, 0.3) is 0 Å². The number of aliphatic carboxylic acids is 3. The van der Waals surface area contributed by atoms with Crippen LogP contribution in [0.1, 0.15) is 34.6 Å². The summed E-state index contributed by atoms with van der Waals surface area (Å²) in [6.07, 6.45) is -0.167. The number of carbonyl (C=O) groups excluding carboxylic acids is 3. The molecule has 0 aliphatic rings. The van der Waals surface area contributed by atoms with Gasteiger partial charge in [-0.15, -0.1) is 0 Å². The summed E-state index contributed by atoms with van der Waals surface area (Å²) in [5.41, 5.74) is 0.194. The predicted molar refractivity (Wildman–Crippen MR) is 76.8 cm³/mol.